The monoisotopic (exact) mass is 674 g/mol. The van der Waals surface area contributed by atoms with Crippen molar-refractivity contribution in [2.45, 2.75) is 97.1 Å². The fourth-order valence-electron chi connectivity index (χ4n) is 4.47. The van der Waals surface area contributed by atoms with Crippen molar-refractivity contribution < 1.29 is 38.4 Å². The fraction of sp³-hybridized carbons (Fsp3) is 0.562. The molecule has 16 nitrogen and oxygen atoms in total. The van der Waals surface area contributed by atoms with E-state index in [9.17, 15) is 38.4 Å². The van der Waals surface area contributed by atoms with Crippen molar-refractivity contribution in [3.05, 3.63) is 35.9 Å². The second-order valence-electron chi connectivity index (χ2n) is 12.3. The Morgan fingerprint density at radius 1 is 0.688 bits per heavy atom. The highest BCUT2D eigenvalue weighted by molar-refractivity contribution is 5.98. The molecule has 0 radical (unpaired) electrons. The van der Waals surface area contributed by atoms with E-state index in [0.29, 0.717) is 11.8 Å². The maximum Gasteiger partial charge on any atom is 0.243 e. The molecule has 0 spiro atoms. The smallest absolute Gasteiger partial charge is 0.243 e. The van der Waals surface area contributed by atoms with Crippen LogP contribution in [0.25, 0.3) is 0 Å². The van der Waals surface area contributed by atoms with E-state index in [1.54, 1.807) is 44.2 Å². The van der Waals surface area contributed by atoms with Gasteiger partial charge in [-0.3, -0.25) is 33.6 Å². The maximum absolute atomic E-state index is 13.6. The average molecular weight is 675 g/mol. The number of rotatable bonds is 20. The van der Waals surface area contributed by atoms with E-state index >= 15 is 0 Å². The molecule has 0 aromatic heterocycles. The molecular weight excluding hydrogens is 624 g/mol. The van der Waals surface area contributed by atoms with Crippen molar-refractivity contribution in [1.82, 2.24) is 31.9 Å². The second kappa shape index (κ2) is 20.4. The van der Waals surface area contributed by atoms with Crippen molar-refractivity contribution in [3.8, 4) is 0 Å². The molecule has 10 N–H and O–H groups in total. The van der Waals surface area contributed by atoms with E-state index in [1.807, 2.05) is 13.8 Å². The Hall–Kier alpha value is -4.86. The average Bonchev–Trinajstić information content (AvgIpc) is 3.00. The molecule has 266 valence electrons. The Balaban J connectivity index is 3.27. The maximum atomic E-state index is 13.6. The molecule has 48 heavy (non-hydrogen) atoms. The minimum atomic E-state index is -1.54. The summed E-state index contributed by atoms with van der Waals surface area (Å²) < 4.78 is 0. The minimum absolute atomic E-state index is 0.0181. The van der Waals surface area contributed by atoms with Crippen LogP contribution in [0.15, 0.2) is 30.3 Å². The Labute approximate surface area is 280 Å². The van der Waals surface area contributed by atoms with Crippen LogP contribution < -0.4 is 43.4 Å². The quantitative estimate of drug-likeness (QED) is 0.0705. The normalized spacial score (nSPS) is 14.7. The van der Waals surface area contributed by atoms with Crippen molar-refractivity contribution in [2.75, 3.05) is 6.54 Å². The SMILES string of the molecule is CC(C)C[C@H](NC(=O)[C@H](Cc1ccccc1)NC(=O)[C@H](CC(N)=O)NC(=O)[C@@H](NC(=O)[C@H](C)NC(=O)[C@H](C)N)C(C)C)C(=O)NCC=O. The molecule has 6 atom stereocenters. The van der Waals surface area contributed by atoms with Crippen LogP contribution in [0.3, 0.4) is 0 Å². The molecule has 1 rings (SSSR count). The van der Waals surface area contributed by atoms with Gasteiger partial charge in [0, 0.05) is 6.42 Å². The second-order valence-corrected chi connectivity index (χ2v) is 12.3. The predicted molar refractivity (Wildman–Crippen MR) is 176 cm³/mol. The number of nitrogens with one attached hydrogen (secondary N) is 6. The molecular formula is C32H50N8O8. The van der Waals surface area contributed by atoms with Gasteiger partial charge < -0.3 is 48.2 Å². The number of benzene rings is 1. The number of hydrogen-bond acceptors (Lipinski definition) is 9. The standard InChI is InChI=1S/C32H50N8O8/c1-17(2)14-22(29(45)35-12-13-41)37-30(46)23(15-21-10-8-7-9-11-21)38-31(47)24(16-25(34)42)39-32(48)26(18(3)4)40-28(44)20(6)36-27(43)19(5)33/h7-11,13,17-20,22-24,26H,12,14-16,33H2,1-6H3,(H2,34,42)(H,35,45)(H,36,43)(H,37,46)(H,38,47)(H,39,48)(H,40,44)/t19-,20-,22-,23-,24-,26-/m0/s1. The highest BCUT2D eigenvalue weighted by Gasteiger charge is 2.34. The van der Waals surface area contributed by atoms with Crippen molar-refractivity contribution in [3.63, 3.8) is 0 Å². The summed E-state index contributed by atoms with van der Waals surface area (Å²) in [6.07, 6.45) is 0.0863. The highest BCUT2D eigenvalue weighted by atomic mass is 16.2. The first-order valence-electron chi connectivity index (χ1n) is 15.8. The van der Waals surface area contributed by atoms with Gasteiger partial charge in [-0.25, -0.2) is 0 Å². The Bertz CT molecular complexity index is 1290. The van der Waals surface area contributed by atoms with Crippen LogP contribution in [0.2, 0.25) is 0 Å². The van der Waals surface area contributed by atoms with Crippen molar-refractivity contribution >= 4 is 47.6 Å². The van der Waals surface area contributed by atoms with Crippen LogP contribution in [-0.2, 0) is 44.8 Å². The lowest BCUT2D eigenvalue weighted by atomic mass is 10.00. The third-order valence-corrected chi connectivity index (χ3v) is 7.07. The van der Waals surface area contributed by atoms with Gasteiger partial charge in [0.15, 0.2) is 0 Å². The van der Waals surface area contributed by atoms with Crippen LogP contribution in [-0.4, -0.2) is 90.4 Å². The largest absolute Gasteiger partial charge is 0.370 e. The van der Waals surface area contributed by atoms with Crippen LogP contribution in [0.4, 0.5) is 0 Å². The number of nitrogens with two attached hydrogens (primary N) is 2. The molecule has 0 saturated carbocycles. The topological polar surface area (TPSA) is 261 Å². The zero-order chi connectivity index (χ0) is 36.6. The molecule has 16 heteroatoms. The van der Waals surface area contributed by atoms with Crippen LogP contribution in [0.5, 0.6) is 0 Å². The molecule has 0 saturated heterocycles. The fourth-order valence-corrected chi connectivity index (χ4v) is 4.47. The lowest BCUT2D eigenvalue weighted by molar-refractivity contribution is -0.136. The van der Waals surface area contributed by atoms with Crippen LogP contribution >= 0.6 is 0 Å². The van der Waals surface area contributed by atoms with Gasteiger partial charge in [-0.1, -0.05) is 58.0 Å². The van der Waals surface area contributed by atoms with E-state index in [4.69, 9.17) is 11.5 Å². The van der Waals surface area contributed by atoms with Gasteiger partial charge in [0.05, 0.1) is 19.0 Å². The van der Waals surface area contributed by atoms with Gasteiger partial charge in [0.2, 0.25) is 41.4 Å². The molecule has 0 heterocycles. The lowest BCUT2D eigenvalue weighted by Gasteiger charge is -2.28. The summed E-state index contributed by atoms with van der Waals surface area (Å²) in [5.74, 6) is -5.77. The lowest BCUT2D eigenvalue weighted by Crippen LogP contribution is -2.60. The van der Waals surface area contributed by atoms with E-state index in [-0.39, 0.29) is 25.3 Å². The molecule has 1 aromatic carbocycles. The number of hydrogen-bond donors (Lipinski definition) is 8. The number of primary amides is 1. The summed E-state index contributed by atoms with van der Waals surface area (Å²) in [7, 11) is 0. The molecule has 0 bridgehead atoms. The van der Waals surface area contributed by atoms with Crippen LogP contribution in [0.1, 0.15) is 59.9 Å². The molecule has 7 amide bonds. The predicted octanol–water partition coefficient (Wildman–Crippen LogP) is -2.09. The summed E-state index contributed by atoms with van der Waals surface area (Å²) >= 11 is 0. The van der Waals surface area contributed by atoms with Gasteiger partial charge in [-0.15, -0.1) is 0 Å². The Kier molecular flexibility index (Phi) is 17.5. The first kappa shape index (κ1) is 41.2. The van der Waals surface area contributed by atoms with E-state index < -0.39 is 89.9 Å². The van der Waals surface area contributed by atoms with Gasteiger partial charge in [0.25, 0.3) is 0 Å². The van der Waals surface area contributed by atoms with Gasteiger partial charge in [-0.05, 0) is 37.7 Å². The highest BCUT2D eigenvalue weighted by Crippen LogP contribution is 2.10. The van der Waals surface area contributed by atoms with Gasteiger partial charge >= 0.3 is 0 Å². The Morgan fingerprint density at radius 2 is 1.25 bits per heavy atom. The van der Waals surface area contributed by atoms with Crippen LogP contribution in [0, 0.1) is 11.8 Å². The molecule has 0 fully saturated rings. The van der Waals surface area contributed by atoms with Gasteiger partial charge in [-0.2, -0.15) is 0 Å². The molecule has 1 aromatic rings. The summed E-state index contributed by atoms with van der Waals surface area (Å²) in [5, 5.41) is 15.0. The van der Waals surface area contributed by atoms with Crippen molar-refractivity contribution in [1.29, 1.82) is 0 Å². The summed E-state index contributed by atoms with van der Waals surface area (Å²) in [4.78, 5) is 101. The Morgan fingerprint density at radius 3 is 1.77 bits per heavy atom. The molecule has 0 aliphatic heterocycles. The van der Waals surface area contributed by atoms with Crippen molar-refractivity contribution in [2.24, 2.45) is 23.3 Å². The number of amides is 7. The first-order chi connectivity index (χ1) is 22.5. The van der Waals surface area contributed by atoms with Gasteiger partial charge in [0.1, 0.15) is 36.5 Å². The summed E-state index contributed by atoms with van der Waals surface area (Å²) in [5.41, 5.74) is 11.6. The van der Waals surface area contributed by atoms with E-state index in [1.165, 1.54) is 13.8 Å². The van der Waals surface area contributed by atoms with E-state index in [0.717, 1.165) is 0 Å². The molecule has 0 aliphatic rings. The first-order valence-corrected chi connectivity index (χ1v) is 15.8. The molecule has 0 unspecified atom stereocenters. The number of aldehydes is 1. The van der Waals surface area contributed by atoms with E-state index in [2.05, 4.69) is 31.9 Å². The zero-order valence-corrected chi connectivity index (χ0v) is 28.3. The number of carbonyl (C=O) groups is 8. The number of carbonyl (C=O) groups excluding carboxylic acids is 8. The zero-order valence-electron chi connectivity index (χ0n) is 28.3. The third kappa shape index (κ3) is 14.7. The third-order valence-electron chi connectivity index (χ3n) is 7.07. The molecule has 0 aliphatic carbocycles. The summed E-state index contributed by atoms with van der Waals surface area (Å²) in [6, 6.07) is 1.75. The minimum Gasteiger partial charge on any atom is -0.370 e. The summed E-state index contributed by atoms with van der Waals surface area (Å²) in [6.45, 7) is 9.56.